The van der Waals surface area contributed by atoms with E-state index in [0.29, 0.717) is 19.6 Å². The second-order valence-electron chi connectivity index (χ2n) is 8.09. The van der Waals surface area contributed by atoms with Crippen molar-refractivity contribution in [1.29, 1.82) is 0 Å². The minimum atomic E-state index is -0.385. The lowest BCUT2D eigenvalue weighted by atomic mass is 9.91. The lowest BCUT2D eigenvalue weighted by Crippen LogP contribution is -2.48. The van der Waals surface area contributed by atoms with Crippen LogP contribution in [-0.4, -0.2) is 64.8 Å². The van der Waals surface area contributed by atoms with Crippen LogP contribution >= 0.6 is 0 Å². The molecule has 3 aliphatic heterocycles. The Morgan fingerprint density at radius 1 is 1.13 bits per heavy atom. The SMILES string of the molecule is CC(C)(C)C(=O)N1CCC[C@H](CN2C(=O)[C@H]3CCCN3C2=O)C1. The Hall–Kier alpha value is -1.59. The van der Waals surface area contributed by atoms with Gasteiger partial charge in [0.05, 0.1) is 0 Å². The molecule has 0 radical (unpaired) electrons. The highest BCUT2D eigenvalue weighted by atomic mass is 16.2. The molecule has 0 N–H and O–H groups in total. The number of hydrogen-bond donors (Lipinski definition) is 0. The van der Waals surface area contributed by atoms with Gasteiger partial charge in [0, 0.05) is 31.6 Å². The number of hydrogen-bond acceptors (Lipinski definition) is 3. The molecule has 0 spiro atoms. The Balaban J connectivity index is 1.63. The normalized spacial score (nSPS) is 28.6. The molecule has 3 fully saturated rings. The van der Waals surface area contributed by atoms with Crippen molar-refractivity contribution in [2.45, 2.75) is 52.5 Å². The van der Waals surface area contributed by atoms with Crippen LogP contribution in [0.15, 0.2) is 0 Å². The molecule has 3 rings (SSSR count). The predicted molar refractivity (Wildman–Crippen MR) is 85.6 cm³/mol. The molecule has 2 atom stereocenters. The Morgan fingerprint density at radius 2 is 1.83 bits per heavy atom. The van der Waals surface area contributed by atoms with Gasteiger partial charge in [0.2, 0.25) is 5.91 Å². The molecule has 0 aliphatic carbocycles. The molecular formula is C17H27N3O3. The summed E-state index contributed by atoms with van der Waals surface area (Å²) in [6.07, 6.45) is 3.62. The highest BCUT2D eigenvalue weighted by Gasteiger charge is 2.48. The molecular weight excluding hydrogens is 294 g/mol. The van der Waals surface area contributed by atoms with Gasteiger partial charge in [-0.15, -0.1) is 0 Å². The smallest absolute Gasteiger partial charge is 0.327 e. The fourth-order valence-electron chi connectivity index (χ4n) is 3.98. The van der Waals surface area contributed by atoms with E-state index in [-0.39, 0.29) is 35.2 Å². The maximum Gasteiger partial charge on any atom is 0.327 e. The topological polar surface area (TPSA) is 60.9 Å². The zero-order chi connectivity index (χ0) is 16.8. The first kappa shape index (κ1) is 16.3. The van der Waals surface area contributed by atoms with E-state index in [4.69, 9.17) is 0 Å². The minimum absolute atomic E-state index is 0.0354. The Bertz CT molecular complexity index is 504. The van der Waals surface area contributed by atoms with Crippen molar-refractivity contribution in [3.8, 4) is 0 Å². The van der Waals surface area contributed by atoms with Gasteiger partial charge in [0.25, 0.3) is 5.91 Å². The summed E-state index contributed by atoms with van der Waals surface area (Å²) in [4.78, 5) is 42.3. The molecule has 23 heavy (non-hydrogen) atoms. The molecule has 128 valence electrons. The molecule has 0 aromatic heterocycles. The van der Waals surface area contributed by atoms with Crippen LogP contribution in [0, 0.1) is 11.3 Å². The number of rotatable bonds is 2. The number of likely N-dealkylation sites (tertiary alicyclic amines) is 1. The van der Waals surface area contributed by atoms with E-state index in [2.05, 4.69) is 0 Å². The molecule has 0 unspecified atom stereocenters. The molecule has 0 aromatic rings. The molecule has 6 nitrogen and oxygen atoms in total. The number of piperidine rings is 1. The van der Waals surface area contributed by atoms with Crippen molar-refractivity contribution in [1.82, 2.24) is 14.7 Å². The van der Waals surface area contributed by atoms with E-state index < -0.39 is 0 Å². The summed E-state index contributed by atoms with van der Waals surface area (Å²) < 4.78 is 0. The van der Waals surface area contributed by atoms with Crippen LogP contribution in [-0.2, 0) is 9.59 Å². The van der Waals surface area contributed by atoms with Crippen molar-refractivity contribution in [2.75, 3.05) is 26.2 Å². The van der Waals surface area contributed by atoms with Crippen molar-refractivity contribution < 1.29 is 14.4 Å². The van der Waals surface area contributed by atoms with E-state index >= 15 is 0 Å². The van der Waals surface area contributed by atoms with Gasteiger partial charge in [-0.2, -0.15) is 0 Å². The van der Waals surface area contributed by atoms with Gasteiger partial charge < -0.3 is 9.80 Å². The lowest BCUT2D eigenvalue weighted by molar-refractivity contribution is -0.141. The molecule has 6 heteroatoms. The maximum absolute atomic E-state index is 12.5. The average Bonchev–Trinajstić information content (AvgIpc) is 3.06. The van der Waals surface area contributed by atoms with E-state index in [0.717, 1.165) is 32.2 Å². The van der Waals surface area contributed by atoms with Crippen LogP contribution in [0.5, 0.6) is 0 Å². The third kappa shape index (κ3) is 2.95. The predicted octanol–water partition coefficient (Wildman–Crippen LogP) is 1.70. The Morgan fingerprint density at radius 3 is 2.48 bits per heavy atom. The van der Waals surface area contributed by atoms with Gasteiger partial charge in [-0.1, -0.05) is 20.8 Å². The van der Waals surface area contributed by atoms with E-state index in [1.807, 2.05) is 25.7 Å². The van der Waals surface area contributed by atoms with Gasteiger partial charge in [0.15, 0.2) is 0 Å². The third-order valence-electron chi connectivity index (χ3n) is 5.17. The summed E-state index contributed by atoms with van der Waals surface area (Å²) in [6.45, 7) is 8.38. The van der Waals surface area contributed by atoms with Crippen LogP contribution < -0.4 is 0 Å². The fraction of sp³-hybridized carbons (Fsp3) is 0.824. The van der Waals surface area contributed by atoms with Crippen LogP contribution in [0.4, 0.5) is 4.79 Å². The molecule has 0 aromatic carbocycles. The largest absolute Gasteiger partial charge is 0.342 e. The van der Waals surface area contributed by atoms with Gasteiger partial charge in [-0.05, 0) is 31.6 Å². The highest BCUT2D eigenvalue weighted by molar-refractivity contribution is 6.04. The average molecular weight is 321 g/mol. The number of imide groups is 1. The first-order valence-electron chi connectivity index (χ1n) is 8.70. The quantitative estimate of drug-likeness (QED) is 0.727. The van der Waals surface area contributed by atoms with Crippen LogP contribution in [0.25, 0.3) is 0 Å². The first-order valence-corrected chi connectivity index (χ1v) is 8.70. The Kier molecular flexibility index (Phi) is 4.10. The fourth-order valence-corrected chi connectivity index (χ4v) is 3.98. The van der Waals surface area contributed by atoms with E-state index in [1.165, 1.54) is 4.90 Å². The van der Waals surface area contributed by atoms with Crippen LogP contribution in [0.3, 0.4) is 0 Å². The second-order valence-corrected chi connectivity index (χ2v) is 8.09. The number of carbonyl (C=O) groups is 3. The Labute approximate surface area is 137 Å². The molecule has 3 aliphatic rings. The standard InChI is InChI=1S/C17H27N3O3/c1-17(2,3)15(22)18-8-4-6-12(10-18)11-20-14(21)13-7-5-9-19(13)16(20)23/h12-13H,4-11H2,1-3H3/t12-,13+/m0/s1. The van der Waals surface area contributed by atoms with Crippen molar-refractivity contribution in [3.63, 3.8) is 0 Å². The summed E-state index contributed by atoms with van der Waals surface area (Å²) in [5, 5.41) is 0. The zero-order valence-corrected chi connectivity index (χ0v) is 14.4. The molecule has 4 amide bonds. The van der Waals surface area contributed by atoms with E-state index in [9.17, 15) is 14.4 Å². The second kappa shape index (κ2) is 5.80. The molecule has 0 bridgehead atoms. The number of urea groups is 1. The van der Waals surface area contributed by atoms with Gasteiger partial charge in [-0.25, -0.2) is 4.79 Å². The highest BCUT2D eigenvalue weighted by Crippen LogP contribution is 2.30. The third-order valence-corrected chi connectivity index (χ3v) is 5.17. The number of nitrogens with zero attached hydrogens (tertiary/aromatic N) is 3. The molecule has 3 saturated heterocycles. The summed E-state index contributed by atoms with van der Waals surface area (Å²) >= 11 is 0. The van der Waals surface area contributed by atoms with E-state index in [1.54, 1.807) is 4.90 Å². The van der Waals surface area contributed by atoms with Gasteiger partial charge >= 0.3 is 6.03 Å². The summed E-state index contributed by atoms with van der Waals surface area (Å²) in [5.41, 5.74) is -0.385. The van der Waals surface area contributed by atoms with Crippen LogP contribution in [0.1, 0.15) is 46.5 Å². The number of amides is 4. The zero-order valence-electron chi connectivity index (χ0n) is 14.4. The summed E-state index contributed by atoms with van der Waals surface area (Å²) in [7, 11) is 0. The summed E-state index contributed by atoms with van der Waals surface area (Å²) in [6, 6.07) is -0.352. The number of carbonyl (C=O) groups excluding carboxylic acids is 3. The number of fused-ring (bicyclic) bond motifs is 1. The van der Waals surface area contributed by atoms with Crippen molar-refractivity contribution >= 4 is 17.8 Å². The molecule has 3 heterocycles. The maximum atomic E-state index is 12.5. The lowest BCUT2D eigenvalue weighted by Gasteiger charge is -2.37. The summed E-state index contributed by atoms with van der Waals surface area (Å²) in [5.74, 6) is 0.316. The van der Waals surface area contributed by atoms with Gasteiger partial charge in [0.1, 0.15) is 6.04 Å². The first-order chi connectivity index (χ1) is 10.8. The van der Waals surface area contributed by atoms with Crippen molar-refractivity contribution in [2.24, 2.45) is 11.3 Å². The van der Waals surface area contributed by atoms with Crippen LogP contribution in [0.2, 0.25) is 0 Å². The molecule has 0 saturated carbocycles. The van der Waals surface area contributed by atoms with Gasteiger partial charge in [-0.3, -0.25) is 14.5 Å². The minimum Gasteiger partial charge on any atom is -0.342 e. The monoisotopic (exact) mass is 321 g/mol. The van der Waals surface area contributed by atoms with Crippen molar-refractivity contribution in [3.05, 3.63) is 0 Å².